The van der Waals surface area contributed by atoms with Crippen molar-refractivity contribution in [2.75, 3.05) is 6.54 Å². The van der Waals surface area contributed by atoms with E-state index in [1.54, 1.807) is 36.4 Å². The zero-order chi connectivity index (χ0) is 22.9. The summed E-state index contributed by atoms with van der Waals surface area (Å²) >= 11 is 0. The average Bonchev–Trinajstić information content (AvgIpc) is 2.82. The van der Waals surface area contributed by atoms with Crippen molar-refractivity contribution in [2.24, 2.45) is 0 Å². The fourth-order valence-corrected chi connectivity index (χ4v) is 3.48. The molecule has 0 aliphatic carbocycles. The maximum absolute atomic E-state index is 13.0. The molecule has 0 unspecified atom stereocenters. The molecule has 3 aromatic rings. The molecule has 164 valence electrons. The Balaban J connectivity index is 1.69. The van der Waals surface area contributed by atoms with Gasteiger partial charge >= 0.3 is 11.8 Å². The topological polar surface area (TPSA) is 87.3 Å². The Labute approximate surface area is 187 Å². The molecule has 0 bridgehead atoms. The smallest absolute Gasteiger partial charge is 0.309 e. The van der Waals surface area contributed by atoms with Crippen LogP contribution in [0.15, 0.2) is 78.9 Å². The zero-order valence-electron chi connectivity index (χ0n) is 18.2. The first-order valence-corrected chi connectivity index (χ1v) is 10.5. The zero-order valence-corrected chi connectivity index (χ0v) is 18.2. The van der Waals surface area contributed by atoms with Gasteiger partial charge < -0.3 is 16.0 Å². The summed E-state index contributed by atoms with van der Waals surface area (Å²) in [6.07, 6.45) is 3.52. The first-order valence-electron chi connectivity index (χ1n) is 10.5. The van der Waals surface area contributed by atoms with Gasteiger partial charge in [-0.15, -0.1) is 0 Å². The highest BCUT2D eigenvalue weighted by molar-refractivity contribution is 6.35. The van der Waals surface area contributed by atoms with Crippen LogP contribution in [0.1, 0.15) is 41.4 Å². The van der Waals surface area contributed by atoms with Gasteiger partial charge in [0.25, 0.3) is 5.91 Å². The van der Waals surface area contributed by atoms with E-state index in [9.17, 15) is 14.4 Å². The standard InChI is InChI=1S/C26H27N3O3/c1-3-4-16-27-25(31)26(32)28-17-20-11-6-8-14-23(20)24(30)29-18(2)21-15-9-12-19-10-5-7-13-22(19)21/h3-15,18H,16-17H2,1-2H3,(H,27,31)(H,28,32)(H,29,30)/b4-3+/t18-/m1/s1. The Bertz CT molecular complexity index is 1150. The summed E-state index contributed by atoms with van der Waals surface area (Å²) < 4.78 is 0. The minimum absolute atomic E-state index is 0.0715. The van der Waals surface area contributed by atoms with Crippen molar-refractivity contribution in [1.29, 1.82) is 0 Å². The van der Waals surface area contributed by atoms with E-state index in [0.717, 1.165) is 16.3 Å². The second-order valence-electron chi connectivity index (χ2n) is 7.38. The van der Waals surface area contributed by atoms with Crippen LogP contribution in [0, 0.1) is 0 Å². The Kier molecular flexibility index (Phi) is 7.75. The summed E-state index contributed by atoms with van der Waals surface area (Å²) in [5.74, 6) is -1.70. The lowest BCUT2D eigenvalue weighted by Gasteiger charge is -2.18. The molecule has 32 heavy (non-hydrogen) atoms. The van der Waals surface area contributed by atoms with Gasteiger partial charge in [-0.1, -0.05) is 72.8 Å². The second kappa shape index (κ2) is 10.9. The van der Waals surface area contributed by atoms with Crippen LogP contribution < -0.4 is 16.0 Å². The summed E-state index contributed by atoms with van der Waals surface area (Å²) in [6, 6.07) is 20.9. The molecule has 3 aromatic carbocycles. The highest BCUT2D eigenvalue weighted by Gasteiger charge is 2.18. The van der Waals surface area contributed by atoms with Gasteiger partial charge in [-0.3, -0.25) is 14.4 Å². The van der Waals surface area contributed by atoms with Crippen molar-refractivity contribution in [3.63, 3.8) is 0 Å². The van der Waals surface area contributed by atoms with E-state index in [4.69, 9.17) is 0 Å². The van der Waals surface area contributed by atoms with Crippen LogP contribution >= 0.6 is 0 Å². The number of rotatable bonds is 7. The van der Waals surface area contributed by atoms with E-state index in [1.807, 2.05) is 56.3 Å². The van der Waals surface area contributed by atoms with E-state index in [1.165, 1.54) is 0 Å². The second-order valence-corrected chi connectivity index (χ2v) is 7.38. The molecule has 3 N–H and O–H groups in total. The fraction of sp³-hybridized carbons (Fsp3) is 0.192. The maximum Gasteiger partial charge on any atom is 0.309 e. The Morgan fingerprint density at radius 1 is 0.875 bits per heavy atom. The summed E-state index contributed by atoms with van der Waals surface area (Å²) in [5, 5.41) is 10.3. The van der Waals surface area contributed by atoms with Gasteiger partial charge in [0.2, 0.25) is 0 Å². The molecular formula is C26H27N3O3. The number of allylic oxidation sites excluding steroid dienone is 1. The van der Waals surface area contributed by atoms with Crippen molar-refractivity contribution < 1.29 is 14.4 Å². The SMILES string of the molecule is C/C=C/CNC(=O)C(=O)NCc1ccccc1C(=O)N[C@H](C)c1cccc2ccccc12. The summed E-state index contributed by atoms with van der Waals surface area (Å²) in [7, 11) is 0. The van der Waals surface area contributed by atoms with Crippen LogP contribution in [-0.4, -0.2) is 24.3 Å². The predicted molar refractivity (Wildman–Crippen MR) is 126 cm³/mol. The van der Waals surface area contributed by atoms with Gasteiger partial charge in [-0.05, 0) is 41.8 Å². The normalized spacial score (nSPS) is 11.8. The quantitative estimate of drug-likeness (QED) is 0.396. The van der Waals surface area contributed by atoms with Gasteiger partial charge in [0.15, 0.2) is 0 Å². The molecule has 0 aliphatic rings. The molecule has 0 fully saturated rings. The number of carbonyl (C=O) groups is 3. The highest BCUT2D eigenvalue weighted by Crippen LogP contribution is 2.24. The molecule has 0 saturated heterocycles. The molecule has 1 atom stereocenters. The van der Waals surface area contributed by atoms with Crippen molar-refractivity contribution in [3.8, 4) is 0 Å². The largest absolute Gasteiger partial charge is 0.345 e. The number of benzene rings is 3. The van der Waals surface area contributed by atoms with Crippen molar-refractivity contribution in [2.45, 2.75) is 26.4 Å². The van der Waals surface area contributed by atoms with Crippen LogP contribution in [0.2, 0.25) is 0 Å². The molecule has 0 saturated carbocycles. The van der Waals surface area contributed by atoms with E-state index in [0.29, 0.717) is 11.1 Å². The van der Waals surface area contributed by atoms with E-state index >= 15 is 0 Å². The Morgan fingerprint density at radius 2 is 1.56 bits per heavy atom. The molecule has 0 aliphatic heterocycles. The Morgan fingerprint density at radius 3 is 2.38 bits per heavy atom. The first kappa shape index (κ1) is 22.7. The number of nitrogens with one attached hydrogen (secondary N) is 3. The predicted octanol–water partition coefficient (Wildman–Crippen LogP) is 3.64. The Hall–Kier alpha value is -3.93. The summed E-state index contributed by atoms with van der Waals surface area (Å²) in [5.41, 5.74) is 2.11. The van der Waals surface area contributed by atoms with Crippen LogP contribution in [0.25, 0.3) is 10.8 Å². The molecule has 0 heterocycles. The van der Waals surface area contributed by atoms with Crippen LogP contribution in [0.5, 0.6) is 0 Å². The first-order chi connectivity index (χ1) is 15.5. The van der Waals surface area contributed by atoms with Gasteiger partial charge in [-0.25, -0.2) is 0 Å². The lowest BCUT2D eigenvalue weighted by atomic mass is 9.99. The van der Waals surface area contributed by atoms with Crippen LogP contribution in [0.4, 0.5) is 0 Å². The summed E-state index contributed by atoms with van der Waals surface area (Å²) in [6.45, 7) is 4.13. The number of fused-ring (bicyclic) bond motifs is 1. The number of hydrogen-bond acceptors (Lipinski definition) is 3. The fourth-order valence-electron chi connectivity index (χ4n) is 3.48. The third kappa shape index (κ3) is 5.60. The van der Waals surface area contributed by atoms with E-state index in [2.05, 4.69) is 16.0 Å². The maximum atomic E-state index is 13.0. The van der Waals surface area contributed by atoms with Crippen LogP contribution in [0.3, 0.4) is 0 Å². The lowest BCUT2D eigenvalue weighted by molar-refractivity contribution is -0.139. The lowest BCUT2D eigenvalue weighted by Crippen LogP contribution is -2.40. The molecule has 3 rings (SSSR count). The van der Waals surface area contributed by atoms with E-state index < -0.39 is 11.8 Å². The minimum atomic E-state index is -0.742. The van der Waals surface area contributed by atoms with E-state index in [-0.39, 0.29) is 25.0 Å². The van der Waals surface area contributed by atoms with Gasteiger partial charge in [0, 0.05) is 18.7 Å². The molecule has 0 radical (unpaired) electrons. The monoisotopic (exact) mass is 429 g/mol. The van der Waals surface area contributed by atoms with Crippen LogP contribution in [-0.2, 0) is 16.1 Å². The van der Waals surface area contributed by atoms with Crippen molar-refractivity contribution >= 4 is 28.5 Å². The third-order valence-electron chi connectivity index (χ3n) is 5.16. The average molecular weight is 430 g/mol. The van der Waals surface area contributed by atoms with Gasteiger partial charge in [0.05, 0.1) is 6.04 Å². The molecule has 0 aromatic heterocycles. The number of amides is 3. The van der Waals surface area contributed by atoms with Crippen molar-refractivity contribution in [1.82, 2.24) is 16.0 Å². The molecule has 3 amide bonds. The molecular weight excluding hydrogens is 402 g/mol. The van der Waals surface area contributed by atoms with Gasteiger partial charge in [-0.2, -0.15) is 0 Å². The number of carbonyl (C=O) groups excluding carboxylic acids is 3. The number of hydrogen-bond donors (Lipinski definition) is 3. The molecule has 6 heteroatoms. The summed E-state index contributed by atoms with van der Waals surface area (Å²) in [4.78, 5) is 36.9. The third-order valence-corrected chi connectivity index (χ3v) is 5.16. The van der Waals surface area contributed by atoms with Gasteiger partial charge in [0.1, 0.15) is 0 Å². The highest BCUT2D eigenvalue weighted by atomic mass is 16.2. The minimum Gasteiger partial charge on any atom is -0.345 e. The molecule has 6 nitrogen and oxygen atoms in total. The van der Waals surface area contributed by atoms with Crippen molar-refractivity contribution in [3.05, 3.63) is 95.6 Å². The molecule has 0 spiro atoms.